The van der Waals surface area contributed by atoms with Crippen molar-refractivity contribution in [2.24, 2.45) is 0 Å². The molecule has 0 saturated heterocycles. The first-order valence-corrected chi connectivity index (χ1v) is 9.88. The van der Waals surface area contributed by atoms with Gasteiger partial charge in [-0.1, -0.05) is 59.5 Å². The number of benzene rings is 2. The Kier molecular flexibility index (Phi) is 6.25. The number of anilines is 1. The fourth-order valence-corrected chi connectivity index (χ4v) is 4.17. The summed E-state index contributed by atoms with van der Waals surface area (Å²) in [5, 5.41) is 11.5. The molecular formula is C19H19N3O2S2. The fourth-order valence-electron chi connectivity index (χ4n) is 2.32. The largest absolute Gasteiger partial charge is 0.497 e. The maximum Gasteiger partial charge on any atom is 0.230 e. The smallest absolute Gasteiger partial charge is 0.230 e. The molecule has 0 aliphatic rings. The minimum absolute atomic E-state index is 0.109. The molecule has 26 heavy (non-hydrogen) atoms. The van der Waals surface area contributed by atoms with Crippen LogP contribution in [0.4, 0.5) is 5.13 Å². The summed E-state index contributed by atoms with van der Waals surface area (Å²) in [6.45, 7) is 2.10. The first-order valence-electron chi connectivity index (χ1n) is 8.07. The van der Waals surface area contributed by atoms with Gasteiger partial charge in [0.2, 0.25) is 11.0 Å². The van der Waals surface area contributed by atoms with Crippen molar-refractivity contribution in [3.05, 3.63) is 65.2 Å². The number of nitrogens with zero attached hydrogens (tertiary/aromatic N) is 2. The Bertz CT molecular complexity index is 879. The van der Waals surface area contributed by atoms with Crippen LogP contribution in [0.1, 0.15) is 16.7 Å². The molecule has 1 N–H and O–H groups in total. The Hall–Kier alpha value is -2.38. The van der Waals surface area contributed by atoms with E-state index in [1.54, 1.807) is 18.9 Å². The molecule has 1 amide bonds. The Labute approximate surface area is 160 Å². The standard InChI is InChI=1S/C19H19N3O2S2/c1-13-5-3-4-6-15(13)12-25-19-22-21-18(26-19)20-17(23)11-14-7-9-16(24-2)10-8-14/h3-10H,11-12H2,1-2H3,(H,20,21,23). The molecule has 0 aliphatic heterocycles. The van der Waals surface area contributed by atoms with Crippen LogP contribution in [0.3, 0.4) is 0 Å². The zero-order valence-corrected chi connectivity index (χ0v) is 16.2. The van der Waals surface area contributed by atoms with E-state index in [9.17, 15) is 4.79 Å². The maximum absolute atomic E-state index is 12.2. The summed E-state index contributed by atoms with van der Waals surface area (Å²) in [7, 11) is 1.62. The van der Waals surface area contributed by atoms with Crippen LogP contribution in [0.5, 0.6) is 5.75 Å². The van der Waals surface area contributed by atoms with Gasteiger partial charge in [-0.15, -0.1) is 10.2 Å². The molecule has 7 heteroatoms. The molecule has 1 heterocycles. The van der Waals surface area contributed by atoms with Gasteiger partial charge in [0.15, 0.2) is 4.34 Å². The van der Waals surface area contributed by atoms with Crippen LogP contribution in [0, 0.1) is 6.92 Å². The monoisotopic (exact) mass is 385 g/mol. The average molecular weight is 386 g/mol. The molecule has 1 aromatic heterocycles. The minimum atomic E-state index is -0.109. The lowest BCUT2D eigenvalue weighted by atomic mass is 10.1. The number of nitrogens with one attached hydrogen (secondary N) is 1. The predicted octanol–water partition coefficient (Wildman–Crippen LogP) is 4.33. The first-order chi connectivity index (χ1) is 12.6. The number of aromatic nitrogens is 2. The summed E-state index contributed by atoms with van der Waals surface area (Å²) in [5.74, 6) is 1.50. The molecule has 0 bridgehead atoms. The highest BCUT2D eigenvalue weighted by Gasteiger charge is 2.10. The number of rotatable bonds is 7. The first kappa shape index (κ1) is 18.4. The van der Waals surface area contributed by atoms with E-state index < -0.39 is 0 Å². The second-order valence-electron chi connectivity index (χ2n) is 5.66. The van der Waals surface area contributed by atoms with Crippen LogP contribution in [0.15, 0.2) is 52.9 Å². The van der Waals surface area contributed by atoms with Gasteiger partial charge >= 0.3 is 0 Å². The predicted molar refractivity (Wildman–Crippen MR) is 106 cm³/mol. The van der Waals surface area contributed by atoms with Crippen molar-refractivity contribution >= 4 is 34.1 Å². The third kappa shape index (κ3) is 5.06. The van der Waals surface area contributed by atoms with Gasteiger partial charge in [0.25, 0.3) is 0 Å². The third-order valence-corrected chi connectivity index (χ3v) is 5.81. The highest BCUT2D eigenvalue weighted by molar-refractivity contribution is 8.00. The Morgan fingerprint density at radius 2 is 1.92 bits per heavy atom. The number of thioether (sulfide) groups is 1. The topological polar surface area (TPSA) is 64.1 Å². The van der Waals surface area contributed by atoms with Gasteiger partial charge < -0.3 is 10.1 Å². The zero-order chi connectivity index (χ0) is 18.4. The summed E-state index contributed by atoms with van der Waals surface area (Å²) in [4.78, 5) is 12.2. The molecule has 0 aliphatic carbocycles. The third-order valence-electron chi connectivity index (χ3n) is 3.79. The molecule has 3 rings (SSSR count). The lowest BCUT2D eigenvalue weighted by Gasteiger charge is -2.03. The lowest BCUT2D eigenvalue weighted by molar-refractivity contribution is -0.115. The number of hydrogen-bond acceptors (Lipinski definition) is 6. The molecule has 0 fully saturated rings. The lowest BCUT2D eigenvalue weighted by Crippen LogP contribution is -2.14. The summed E-state index contributed by atoms with van der Waals surface area (Å²) in [5.41, 5.74) is 3.46. The molecular weight excluding hydrogens is 366 g/mol. The van der Waals surface area contributed by atoms with Crippen molar-refractivity contribution in [3.8, 4) is 5.75 Å². The Morgan fingerprint density at radius 3 is 2.65 bits per heavy atom. The minimum Gasteiger partial charge on any atom is -0.497 e. The highest BCUT2D eigenvalue weighted by Crippen LogP contribution is 2.29. The fraction of sp³-hybridized carbons (Fsp3) is 0.211. The number of carbonyl (C=O) groups is 1. The second kappa shape index (κ2) is 8.82. The highest BCUT2D eigenvalue weighted by atomic mass is 32.2. The van der Waals surface area contributed by atoms with Gasteiger partial charge in [-0.05, 0) is 35.7 Å². The van der Waals surface area contributed by atoms with Crippen molar-refractivity contribution in [1.29, 1.82) is 0 Å². The maximum atomic E-state index is 12.2. The summed E-state index contributed by atoms with van der Waals surface area (Å²) in [6, 6.07) is 15.7. The van der Waals surface area contributed by atoms with E-state index in [1.165, 1.54) is 22.5 Å². The van der Waals surface area contributed by atoms with Gasteiger partial charge in [-0.3, -0.25) is 4.79 Å². The van der Waals surface area contributed by atoms with Crippen molar-refractivity contribution in [2.45, 2.75) is 23.4 Å². The van der Waals surface area contributed by atoms with Crippen molar-refractivity contribution in [2.75, 3.05) is 12.4 Å². The molecule has 5 nitrogen and oxygen atoms in total. The number of hydrogen-bond donors (Lipinski definition) is 1. The van der Waals surface area contributed by atoms with Gasteiger partial charge in [0.05, 0.1) is 13.5 Å². The molecule has 2 aromatic carbocycles. The normalized spacial score (nSPS) is 10.5. The molecule has 3 aromatic rings. The number of amides is 1. The van der Waals surface area contributed by atoms with Gasteiger partial charge in [-0.2, -0.15) is 0 Å². The Morgan fingerprint density at radius 1 is 1.15 bits per heavy atom. The van der Waals surface area contributed by atoms with Crippen molar-refractivity contribution in [1.82, 2.24) is 10.2 Å². The van der Waals surface area contributed by atoms with E-state index in [1.807, 2.05) is 36.4 Å². The van der Waals surface area contributed by atoms with Crippen LogP contribution in [0.2, 0.25) is 0 Å². The quantitative estimate of drug-likeness (QED) is 0.484. The molecule has 0 radical (unpaired) electrons. The van der Waals surface area contributed by atoms with E-state index in [0.29, 0.717) is 5.13 Å². The molecule has 0 atom stereocenters. The number of methoxy groups -OCH3 is 1. The van der Waals surface area contributed by atoms with Gasteiger partial charge in [0.1, 0.15) is 5.75 Å². The summed E-state index contributed by atoms with van der Waals surface area (Å²) < 4.78 is 5.96. The number of carbonyl (C=O) groups excluding carboxylic acids is 1. The zero-order valence-electron chi connectivity index (χ0n) is 14.6. The Balaban J connectivity index is 1.52. The van der Waals surface area contributed by atoms with Crippen LogP contribution in [-0.2, 0) is 17.0 Å². The van der Waals surface area contributed by atoms with E-state index in [-0.39, 0.29) is 12.3 Å². The van der Waals surface area contributed by atoms with Gasteiger partial charge in [0, 0.05) is 5.75 Å². The molecule has 0 unspecified atom stereocenters. The van der Waals surface area contributed by atoms with Crippen LogP contribution >= 0.6 is 23.1 Å². The molecule has 134 valence electrons. The SMILES string of the molecule is COc1ccc(CC(=O)Nc2nnc(SCc3ccccc3C)s2)cc1. The molecule has 0 saturated carbocycles. The number of ether oxygens (including phenoxy) is 1. The van der Waals surface area contributed by atoms with E-state index in [0.717, 1.165) is 21.4 Å². The van der Waals surface area contributed by atoms with E-state index >= 15 is 0 Å². The van der Waals surface area contributed by atoms with Crippen molar-refractivity contribution < 1.29 is 9.53 Å². The average Bonchev–Trinajstić information content (AvgIpc) is 3.09. The van der Waals surface area contributed by atoms with Crippen LogP contribution in [0.25, 0.3) is 0 Å². The van der Waals surface area contributed by atoms with Crippen LogP contribution in [-0.4, -0.2) is 23.2 Å². The summed E-state index contributed by atoms with van der Waals surface area (Å²) >= 11 is 3.02. The van der Waals surface area contributed by atoms with E-state index in [2.05, 4.69) is 34.6 Å². The van der Waals surface area contributed by atoms with Crippen LogP contribution < -0.4 is 10.1 Å². The molecule has 0 spiro atoms. The van der Waals surface area contributed by atoms with E-state index in [4.69, 9.17) is 4.74 Å². The van der Waals surface area contributed by atoms with Gasteiger partial charge in [-0.25, -0.2) is 0 Å². The second-order valence-corrected chi connectivity index (χ2v) is 7.86. The summed E-state index contributed by atoms with van der Waals surface area (Å²) in [6.07, 6.45) is 0.287. The number of aryl methyl sites for hydroxylation is 1. The van der Waals surface area contributed by atoms with Crippen molar-refractivity contribution in [3.63, 3.8) is 0 Å².